The van der Waals surface area contributed by atoms with Gasteiger partial charge >= 0.3 is 0 Å². The van der Waals surface area contributed by atoms with Crippen LogP contribution >= 0.6 is 0 Å². The first kappa shape index (κ1) is 13.8. The fourth-order valence-electron chi connectivity index (χ4n) is 2.47. The van der Waals surface area contributed by atoms with Crippen LogP contribution in [0, 0.1) is 11.3 Å². The number of hydrogen-bond donors (Lipinski definition) is 0. The Bertz CT molecular complexity index is 773. The largest absolute Gasteiger partial charge is 0.289 e. The monoisotopic (exact) mass is 283 g/mol. The van der Waals surface area contributed by atoms with Crippen molar-refractivity contribution in [3.8, 4) is 6.07 Å². The predicted octanol–water partition coefficient (Wildman–Crippen LogP) is 4.19. The summed E-state index contributed by atoms with van der Waals surface area (Å²) in [6, 6.07) is 21.1. The molecule has 0 atom stereocenters. The number of rotatable bonds is 2. The van der Waals surface area contributed by atoms with Gasteiger partial charge in [0.05, 0.1) is 6.07 Å². The Kier molecular flexibility index (Phi) is 3.80. The highest BCUT2D eigenvalue weighted by Gasteiger charge is 2.22. The second kappa shape index (κ2) is 6.07. The van der Waals surface area contributed by atoms with Crippen LogP contribution in [0.4, 0.5) is 0 Å². The van der Waals surface area contributed by atoms with Crippen molar-refractivity contribution < 1.29 is 4.79 Å². The molecule has 0 aliphatic heterocycles. The van der Waals surface area contributed by atoms with E-state index < -0.39 is 0 Å². The number of nitrogens with zero attached hydrogens (tertiary/aromatic N) is 1. The Balaban J connectivity index is 2.12. The molecule has 0 amide bonds. The maximum atomic E-state index is 12.8. The van der Waals surface area contributed by atoms with Crippen molar-refractivity contribution in [2.24, 2.45) is 0 Å². The molecule has 0 N–H and O–H groups in total. The normalized spacial score (nSPS) is 14.0. The van der Waals surface area contributed by atoms with Crippen molar-refractivity contribution in [3.63, 3.8) is 0 Å². The van der Waals surface area contributed by atoms with Crippen LogP contribution in [0.2, 0.25) is 0 Å². The van der Waals surface area contributed by atoms with Gasteiger partial charge in [-0.2, -0.15) is 5.26 Å². The lowest BCUT2D eigenvalue weighted by molar-refractivity contribution is -0.108. The number of carbonyl (C=O) groups is 1. The van der Waals surface area contributed by atoms with Gasteiger partial charge in [-0.25, -0.2) is 0 Å². The summed E-state index contributed by atoms with van der Waals surface area (Å²) in [6.45, 7) is 0. The highest BCUT2D eigenvalue weighted by Crippen LogP contribution is 2.31. The average molecular weight is 283 g/mol. The zero-order valence-electron chi connectivity index (χ0n) is 11.9. The minimum Gasteiger partial charge on any atom is -0.289 e. The summed E-state index contributed by atoms with van der Waals surface area (Å²) >= 11 is 0. The second-order valence-electron chi connectivity index (χ2n) is 4.95. The third kappa shape index (κ3) is 2.65. The van der Waals surface area contributed by atoms with E-state index in [1.807, 2.05) is 66.7 Å². The second-order valence-corrected chi connectivity index (χ2v) is 4.95. The van der Waals surface area contributed by atoms with Gasteiger partial charge < -0.3 is 0 Å². The molecule has 0 saturated carbocycles. The molecule has 2 nitrogen and oxygen atoms in total. The SMILES string of the molecule is N#CC=C1C=C(c2ccccc2)C(=O)C(c2ccccc2)=C1. The molecule has 0 heterocycles. The number of nitriles is 1. The summed E-state index contributed by atoms with van der Waals surface area (Å²) in [5.41, 5.74) is 3.68. The molecule has 0 bridgehead atoms. The van der Waals surface area contributed by atoms with E-state index in [4.69, 9.17) is 5.26 Å². The van der Waals surface area contributed by atoms with Crippen LogP contribution in [0.1, 0.15) is 11.1 Å². The molecule has 0 saturated heterocycles. The highest BCUT2D eigenvalue weighted by atomic mass is 16.1. The van der Waals surface area contributed by atoms with E-state index in [1.54, 1.807) is 12.2 Å². The number of ketones is 1. The number of hydrogen-bond acceptors (Lipinski definition) is 2. The number of benzene rings is 2. The van der Waals surface area contributed by atoms with E-state index in [1.165, 1.54) is 6.08 Å². The molecule has 0 radical (unpaired) electrons. The number of Topliss-reactive ketones (excluding diaryl/α,β-unsaturated/α-hetero) is 1. The summed E-state index contributed by atoms with van der Waals surface area (Å²) < 4.78 is 0. The van der Waals surface area contributed by atoms with Gasteiger partial charge in [-0.05, 0) is 28.9 Å². The number of allylic oxidation sites excluding steroid dienone is 6. The summed E-state index contributed by atoms with van der Waals surface area (Å²) in [6.07, 6.45) is 5.00. The van der Waals surface area contributed by atoms with Crippen LogP contribution in [0.25, 0.3) is 11.1 Å². The van der Waals surface area contributed by atoms with Gasteiger partial charge in [-0.3, -0.25) is 4.79 Å². The Hall–Kier alpha value is -3.18. The molecule has 0 aromatic heterocycles. The molecule has 104 valence electrons. The third-order valence-electron chi connectivity index (χ3n) is 3.51. The van der Waals surface area contributed by atoms with Crippen molar-refractivity contribution in [1.82, 2.24) is 0 Å². The zero-order chi connectivity index (χ0) is 15.4. The summed E-state index contributed by atoms with van der Waals surface area (Å²) in [4.78, 5) is 12.8. The van der Waals surface area contributed by atoms with E-state index in [2.05, 4.69) is 0 Å². The van der Waals surface area contributed by atoms with Crippen molar-refractivity contribution in [3.05, 3.63) is 95.6 Å². The maximum Gasteiger partial charge on any atom is 0.194 e. The summed E-state index contributed by atoms with van der Waals surface area (Å²) in [7, 11) is 0. The Morgan fingerprint density at radius 2 is 1.23 bits per heavy atom. The molecule has 2 aromatic carbocycles. The van der Waals surface area contributed by atoms with Crippen molar-refractivity contribution in [2.75, 3.05) is 0 Å². The van der Waals surface area contributed by atoms with E-state index in [9.17, 15) is 4.79 Å². The van der Waals surface area contributed by atoms with Gasteiger partial charge in [0.2, 0.25) is 0 Å². The van der Waals surface area contributed by atoms with Crippen molar-refractivity contribution in [1.29, 1.82) is 5.26 Å². The van der Waals surface area contributed by atoms with Crippen molar-refractivity contribution in [2.45, 2.75) is 0 Å². The summed E-state index contributed by atoms with van der Waals surface area (Å²) in [5, 5.41) is 8.93. The molecule has 0 fully saturated rings. The fourth-order valence-corrected chi connectivity index (χ4v) is 2.47. The molecular weight excluding hydrogens is 270 g/mol. The van der Waals surface area contributed by atoms with E-state index in [-0.39, 0.29) is 5.78 Å². The standard InChI is InChI=1S/C20H13NO/c21-12-11-15-13-18(16-7-3-1-4-8-16)20(22)19(14-15)17-9-5-2-6-10-17/h1-11,13-14H. The Morgan fingerprint density at radius 3 is 1.64 bits per heavy atom. The van der Waals surface area contributed by atoms with E-state index in [0.717, 1.165) is 16.7 Å². The van der Waals surface area contributed by atoms with Gasteiger partial charge in [0, 0.05) is 17.2 Å². The quantitative estimate of drug-likeness (QED) is 0.775. The topological polar surface area (TPSA) is 40.9 Å². The van der Waals surface area contributed by atoms with Crippen LogP contribution in [0.3, 0.4) is 0 Å². The molecular formula is C20H13NO. The molecule has 22 heavy (non-hydrogen) atoms. The molecule has 2 aromatic rings. The maximum absolute atomic E-state index is 12.8. The molecule has 2 heteroatoms. The third-order valence-corrected chi connectivity index (χ3v) is 3.51. The molecule has 0 spiro atoms. The Labute approximate surface area is 129 Å². The van der Waals surface area contributed by atoms with E-state index in [0.29, 0.717) is 11.1 Å². The van der Waals surface area contributed by atoms with Crippen LogP contribution in [-0.2, 0) is 4.79 Å². The minimum atomic E-state index is -0.0208. The molecule has 0 unspecified atom stereocenters. The number of carbonyl (C=O) groups excluding carboxylic acids is 1. The average Bonchev–Trinajstić information content (AvgIpc) is 2.58. The van der Waals surface area contributed by atoms with E-state index >= 15 is 0 Å². The Morgan fingerprint density at radius 1 is 0.773 bits per heavy atom. The molecule has 1 aliphatic rings. The zero-order valence-corrected chi connectivity index (χ0v) is 11.9. The van der Waals surface area contributed by atoms with Gasteiger partial charge in [0.15, 0.2) is 5.78 Å². The van der Waals surface area contributed by atoms with Gasteiger partial charge in [0.25, 0.3) is 0 Å². The molecule has 3 rings (SSSR count). The van der Waals surface area contributed by atoms with Crippen LogP contribution in [0.15, 0.2) is 84.5 Å². The van der Waals surface area contributed by atoms with Crippen LogP contribution in [-0.4, -0.2) is 5.78 Å². The summed E-state index contributed by atoms with van der Waals surface area (Å²) in [5.74, 6) is -0.0208. The lowest BCUT2D eigenvalue weighted by atomic mass is 9.86. The lowest BCUT2D eigenvalue weighted by Gasteiger charge is -2.16. The van der Waals surface area contributed by atoms with Crippen molar-refractivity contribution >= 4 is 16.9 Å². The van der Waals surface area contributed by atoms with Crippen LogP contribution < -0.4 is 0 Å². The lowest BCUT2D eigenvalue weighted by Crippen LogP contribution is -2.09. The smallest absolute Gasteiger partial charge is 0.194 e. The highest BCUT2D eigenvalue weighted by molar-refractivity contribution is 6.43. The van der Waals surface area contributed by atoms with Gasteiger partial charge in [0.1, 0.15) is 0 Å². The van der Waals surface area contributed by atoms with Crippen LogP contribution in [0.5, 0.6) is 0 Å². The molecule has 1 aliphatic carbocycles. The predicted molar refractivity (Wildman–Crippen MR) is 87.5 cm³/mol. The van der Waals surface area contributed by atoms with Gasteiger partial charge in [-0.15, -0.1) is 0 Å². The first-order valence-electron chi connectivity index (χ1n) is 6.98. The first-order chi connectivity index (χ1) is 10.8. The minimum absolute atomic E-state index is 0.0208. The fraction of sp³-hybridized carbons (Fsp3) is 0. The van der Waals surface area contributed by atoms with Gasteiger partial charge in [-0.1, -0.05) is 60.7 Å². The first-order valence-corrected chi connectivity index (χ1v) is 6.98.